The lowest BCUT2D eigenvalue weighted by atomic mass is 10.2. The van der Waals surface area contributed by atoms with Crippen LogP contribution in [0.1, 0.15) is 12.0 Å². The van der Waals surface area contributed by atoms with E-state index in [-0.39, 0.29) is 11.9 Å². The lowest BCUT2D eigenvalue weighted by Gasteiger charge is -2.15. The number of hydrogen-bond acceptors (Lipinski definition) is 4. The SMILES string of the molecule is N/C(=N/O)c1ccc(Br)cc1OC1CCOC1. The highest BCUT2D eigenvalue weighted by molar-refractivity contribution is 9.10. The molecule has 0 spiro atoms. The molecule has 0 bridgehead atoms. The molecule has 5 nitrogen and oxygen atoms in total. The highest BCUT2D eigenvalue weighted by Crippen LogP contribution is 2.26. The van der Waals surface area contributed by atoms with Crippen LogP contribution >= 0.6 is 15.9 Å². The molecule has 1 aliphatic heterocycles. The molecule has 1 heterocycles. The van der Waals surface area contributed by atoms with Gasteiger partial charge in [-0.3, -0.25) is 0 Å². The standard InChI is InChI=1S/C11H13BrN2O3/c12-7-1-2-9(11(13)14-15)10(5-7)17-8-3-4-16-6-8/h1-2,5,8,15H,3-4,6H2,(H2,13,14). The maximum atomic E-state index is 8.71. The van der Waals surface area contributed by atoms with Gasteiger partial charge in [0.05, 0.1) is 18.8 Å². The van der Waals surface area contributed by atoms with E-state index < -0.39 is 0 Å². The van der Waals surface area contributed by atoms with Crippen molar-refractivity contribution in [3.8, 4) is 5.75 Å². The van der Waals surface area contributed by atoms with E-state index in [4.69, 9.17) is 20.4 Å². The number of nitrogens with two attached hydrogens (primary N) is 1. The number of halogens is 1. The number of benzene rings is 1. The second kappa shape index (κ2) is 5.37. The molecule has 1 fully saturated rings. The van der Waals surface area contributed by atoms with Crippen LogP contribution in [0.25, 0.3) is 0 Å². The quantitative estimate of drug-likeness (QED) is 0.386. The smallest absolute Gasteiger partial charge is 0.173 e. The van der Waals surface area contributed by atoms with Crippen LogP contribution in [0.2, 0.25) is 0 Å². The Balaban J connectivity index is 2.26. The first-order valence-corrected chi connectivity index (χ1v) is 6.02. The van der Waals surface area contributed by atoms with E-state index in [0.717, 1.165) is 10.9 Å². The summed E-state index contributed by atoms with van der Waals surface area (Å²) in [6, 6.07) is 5.35. The maximum absolute atomic E-state index is 8.71. The maximum Gasteiger partial charge on any atom is 0.173 e. The van der Waals surface area contributed by atoms with Crippen molar-refractivity contribution >= 4 is 21.8 Å². The monoisotopic (exact) mass is 300 g/mol. The topological polar surface area (TPSA) is 77.1 Å². The van der Waals surface area contributed by atoms with Crippen molar-refractivity contribution in [2.24, 2.45) is 10.9 Å². The summed E-state index contributed by atoms with van der Waals surface area (Å²) in [6.07, 6.45) is 0.872. The number of ether oxygens (including phenoxy) is 2. The van der Waals surface area contributed by atoms with Gasteiger partial charge in [-0.25, -0.2) is 0 Å². The highest BCUT2D eigenvalue weighted by atomic mass is 79.9. The summed E-state index contributed by atoms with van der Waals surface area (Å²) in [5.41, 5.74) is 6.16. The van der Waals surface area contributed by atoms with Crippen molar-refractivity contribution in [2.75, 3.05) is 13.2 Å². The van der Waals surface area contributed by atoms with E-state index in [1.807, 2.05) is 6.07 Å². The largest absolute Gasteiger partial charge is 0.487 e. The summed E-state index contributed by atoms with van der Waals surface area (Å²) in [7, 11) is 0. The second-order valence-corrected chi connectivity index (χ2v) is 4.64. The van der Waals surface area contributed by atoms with Crippen LogP contribution in [0, 0.1) is 0 Å². The molecule has 0 radical (unpaired) electrons. The van der Waals surface area contributed by atoms with E-state index >= 15 is 0 Å². The van der Waals surface area contributed by atoms with Gasteiger partial charge in [0.25, 0.3) is 0 Å². The third-order valence-electron chi connectivity index (χ3n) is 2.51. The Bertz CT molecular complexity index is 431. The van der Waals surface area contributed by atoms with Crippen LogP contribution in [0.5, 0.6) is 5.75 Å². The number of rotatable bonds is 3. The molecular weight excluding hydrogens is 288 g/mol. The normalized spacial score (nSPS) is 20.5. The van der Waals surface area contributed by atoms with Gasteiger partial charge in [-0.15, -0.1) is 0 Å². The van der Waals surface area contributed by atoms with Crippen LogP contribution in [-0.4, -0.2) is 30.4 Å². The number of nitrogens with zero attached hydrogens (tertiary/aromatic N) is 1. The molecule has 1 aromatic rings. The highest BCUT2D eigenvalue weighted by Gasteiger charge is 2.19. The summed E-state index contributed by atoms with van der Waals surface area (Å²) in [6.45, 7) is 1.28. The number of oxime groups is 1. The first-order chi connectivity index (χ1) is 8.20. The molecule has 0 amide bonds. The van der Waals surface area contributed by atoms with E-state index in [1.165, 1.54) is 0 Å². The summed E-state index contributed by atoms with van der Waals surface area (Å²) in [5, 5.41) is 11.7. The van der Waals surface area contributed by atoms with Gasteiger partial charge in [0.2, 0.25) is 0 Å². The van der Waals surface area contributed by atoms with Gasteiger partial charge in [0.1, 0.15) is 11.9 Å². The predicted octanol–water partition coefficient (Wildman–Crippen LogP) is 1.71. The fourth-order valence-corrected chi connectivity index (χ4v) is 1.98. The minimum Gasteiger partial charge on any atom is -0.487 e. The Hall–Kier alpha value is -1.27. The third-order valence-corrected chi connectivity index (χ3v) is 3.00. The zero-order valence-electron chi connectivity index (χ0n) is 9.10. The Kier molecular flexibility index (Phi) is 3.86. The molecule has 0 aliphatic carbocycles. The summed E-state index contributed by atoms with van der Waals surface area (Å²) < 4.78 is 11.9. The average Bonchev–Trinajstić information content (AvgIpc) is 2.81. The predicted molar refractivity (Wildman–Crippen MR) is 66.5 cm³/mol. The van der Waals surface area contributed by atoms with Crippen molar-refractivity contribution in [3.05, 3.63) is 28.2 Å². The van der Waals surface area contributed by atoms with Crippen molar-refractivity contribution < 1.29 is 14.7 Å². The van der Waals surface area contributed by atoms with Crippen LogP contribution in [0.15, 0.2) is 27.8 Å². The van der Waals surface area contributed by atoms with E-state index in [0.29, 0.717) is 24.5 Å². The molecule has 1 unspecified atom stereocenters. The van der Waals surface area contributed by atoms with Gasteiger partial charge in [0.15, 0.2) is 5.84 Å². The Morgan fingerprint density at radius 1 is 1.59 bits per heavy atom. The molecule has 3 N–H and O–H groups in total. The first kappa shape index (κ1) is 12.2. The number of hydrogen-bond donors (Lipinski definition) is 2. The van der Waals surface area contributed by atoms with Gasteiger partial charge in [-0.05, 0) is 18.2 Å². The fraction of sp³-hybridized carbons (Fsp3) is 0.364. The molecule has 92 valence electrons. The second-order valence-electron chi connectivity index (χ2n) is 3.73. The first-order valence-electron chi connectivity index (χ1n) is 5.22. The lowest BCUT2D eigenvalue weighted by Crippen LogP contribution is -2.20. The van der Waals surface area contributed by atoms with Crippen LogP contribution < -0.4 is 10.5 Å². The summed E-state index contributed by atoms with van der Waals surface area (Å²) in [5.74, 6) is 0.622. The Labute approximate surface area is 107 Å². The van der Waals surface area contributed by atoms with E-state index in [9.17, 15) is 0 Å². The van der Waals surface area contributed by atoms with E-state index in [1.54, 1.807) is 12.1 Å². The van der Waals surface area contributed by atoms with Gasteiger partial charge < -0.3 is 20.4 Å². The summed E-state index contributed by atoms with van der Waals surface area (Å²) in [4.78, 5) is 0. The van der Waals surface area contributed by atoms with Crippen LogP contribution in [0.3, 0.4) is 0 Å². The molecule has 6 heteroatoms. The van der Waals surface area contributed by atoms with Crippen molar-refractivity contribution in [2.45, 2.75) is 12.5 Å². The van der Waals surface area contributed by atoms with Gasteiger partial charge in [-0.2, -0.15) is 0 Å². The van der Waals surface area contributed by atoms with Crippen LogP contribution in [-0.2, 0) is 4.74 Å². The van der Waals surface area contributed by atoms with Gasteiger partial charge in [-0.1, -0.05) is 21.1 Å². The Morgan fingerprint density at radius 2 is 2.41 bits per heavy atom. The molecular formula is C11H13BrN2O3. The third kappa shape index (κ3) is 2.89. The molecule has 0 saturated carbocycles. The van der Waals surface area contributed by atoms with E-state index in [2.05, 4.69) is 21.1 Å². The molecule has 2 rings (SSSR count). The Morgan fingerprint density at radius 3 is 3.06 bits per heavy atom. The minimum absolute atomic E-state index is 0.0227. The summed E-state index contributed by atoms with van der Waals surface area (Å²) >= 11 is 3.36. The molecule has 1 aromatic carbocycles. The zero-order chi connectivity index (χ0) is 12.3. The van der Waals surface area contributed by atoms with Gasteiger partial charge >= 0.3 is 0 Å². The van der Waals surface area contributed by atoms with Crippen molar-refractivity contribution in [1.29, 1.82) is 0 Å². The molecule has 1 atom stereocenters. The van der Waals surface area contributed by atoms with Crippen LogP contribution in [0.4, 0.5) is 0 Å². The molecule has 0 aromatic heterocycles. The minimum atomic E-state index is 0.0227. The lowest BCUT2D eigenvalue weighted by molar-refractivity contribution is 0.141. The zero-order valence-corrected chi connectivity index (χ0v) is 10.7. The number of amidine groups is 1. The van der Waals surface area contributed by atoms with Crippen molar-refractivity contribution in [3.63, 3.8) is 0 Å². The molecule has 1 saturated heterocycles. The van der Waals surface area contributed by atoms with Crippen molar-refractivity contribution in [1.82, 2.24) is 0 Å². The average molecular weight is 301 g/mol. The molecule has 17 heavy (non-hydrogen) atoms. The molecule has 1 aliphatic rings. The fourth-order valence-electron chi connectivity index (χ4n) is 1.64. The van der Waals surface area contributed by atoms with Gasteiger partial charge in [0, 0.05) is 10.9 Å².